The summed E-state index contributed by atoms with van der Waals surface area (Å²) in [6.07, 6.45) is 3.44. The number of carbonyl (C=O) groups excluding carboxylic acids is 2. The Morgan fingerprint density at radius 1 is 1.17 bits per heavy atom. The fourth-order valence-corrected chi connectivity index (χ4v) is 1.82. The third-order valence-electron chi connectivity index (χ3n) is 2.77. The molecule has 1 N–H and O–H groups in total. The molecule has 0 radical (unpaired) electrons. The highest BCUT2D eigenvalue weighted by atomic mass is 16.2. The van der Waals surface area contributed by atoms with Gasteiger partial charge in [0.25, 0.3) is 0 Å². The number of amides is 2. The van der Waals surface area contributed by atoms with Crippen LogP contribution in [0.25, 0.3) is 0 Å². The predicted octanol–water partition coefficient (Wildman–Crippen LogP) is 0.759. The second kappa shape index (κ2) is 5.95. The van der Waals surface area contributed by atoms with Crippen LogP contribution < -0.4 is 5.43 Å². The topological polar surface area (TPSA) is 61.8 Å². The molecule has 1 saturated heterocycles. The van der Waals surface area contributed by atoms with Gasteiger partial charge in [0.05, 0.1) is 6.21 Å². The van der Waals surface area contributed by atoms with Crippen molar-refractivity contribution in [2.45, 2.75) is 12.8 Å². The third-order valence-corrected chi connectivity index (χ3v) is 2.77. The maximum Gasteiger partial charge on any atom is 0.329 e. The normalized spacial score (nSPS) is 15.0. The predicted molar refractivity (Wildman–Crippen MR) is 68.0 cm³/mol. The molecule has 1 aliphatic rings. The van der Waals surface area contributed by atoms with Crippen molar-refractivity contribution in [3.8, 4) is 0 Å². The first kappa shape index (κ1) is 12.3. The first-order valence-electron chi connectivity index (χ1n) is 5.95. The Labute approximate surface area is 105 Å². The van der Waals surface area contributed by atoms with E-state index in [0.717, 1.165) is 18.4 Å². The minimum absolute atomic E-state index is 0.502. The van der Waals surface area contributed by atoms with Crippen molar-refractivity contribution in [3.63, 3.8) is 0 Å². The van der Waals surface area contributed by atoms with Gasteiger partial charge in [0.1, 0.15) is 0 Å². The van der Waals surface area contributed by atoms with Crippen LogP contribution in [0, 0.1) is 0 Å². The number of hydrogen-bond donors (Lipinski definition) is 1. The van der Waals surface area contributed by atoms with Crippen LogP contribution in [0.2, 0.25) is 0 Å². The molecule has 0 saturated carbocycles. The van der Waals surface area contributed by atoms with Gasteiger partial charge >= 0.3 is 11.8 Å². The minimum atomic E-state index is -0.677. The zero-order valence-electron chi connectivity index (χ0n) is 10.0. The van der Waals surface area contributed by atoms with Gasteiger partial charge in [0.2, 0.25) is 0 Å². The van der Waals surface area contributed by atoms with E-state index >= 15 is 0 Å². The Morgan fingerprint density at radius 3 is 2.50 bits per heavy atom. The van der Waals surface area contributed by atoms with Crippen LogP contribution in [0.1, 0.15) is 18.4 Å². The smallest absolute Gasteiger partial charge is 0.329 e. The van der Waals surface area contributed by atoms with Gasteiger partial charge in [0, 0.05) is 13.1 Å². The molecular formula is C13H15N3O2. The summed E-state index contributed by atoms with van der Waals surface area (Å²) < 4.78 is 0. The van der Waals surface area contributed by atoms with Gasteiger partial charge < -0.3 is 4.90 Å². The number of carbonyl (C=O) groups is 2. The quantitative estimate of drug-likeness (QED) is 0.475. The monoisotopic (exact) mass is 245 g/mol. The summed E-state index contributed by atoms with van der Waals surface area (Å²) in [6.45, 7) is 1.32. The van der Waals surface area contributed by atoms with Gasteiger partial charge in [-0.25, -0.2) is 5.43 Å². The maximum absolute atomic E-state index is 11.6. The molecule has 0 unspecified atom stereocenters. The molecule has 5 heteroatoms. The molecule has 2 rings (SSSR count). The molecule has 0 aliphatic carbocycles. The summed E-state index contributed by atoms with van der Waals surface area (Å²) >= 11 is 0. The van der Waals surface area contributed by atoms with E-state index in [-0.39, 0.29) is 0 Å². The molecule has 18 heavy (non-hydrogen) atoms. The molecule has 0 bridgehead atoms. The number of hydrogen-bond acceptors (Lipinski definition) is 3. The van der Waals surface area contributed by atoms with E-state index in [1.54, 1.807) is 4.90 Å². The Morgan fingerprint density at radius 2 is 1.83 bits per heavy atom. The highest BCUT2D eigenvalue weighted by molar-refractivity contribution is 6.35. The lowest BCUT2D eigenvalue weighted by Crippen LogP contribution is -2.39. The second-order valence-corrected chi connectivity index (χ2v) is 4.11. The highest BCUT2D eigenvalue weighted by Crippen LogP contribution is 2.07. The Kier molecular flexibility index (Phi) is 4.06. The number of nitrogens with one attached hydrogen (secondary N) is 1. The van der Waals surface area contributed by atoms with Gasteiger partial charge in [-0.2, -0.15) is 5.10 Å². The first-order chi connectivity index (χ1) is 8.77. The van der Waals surface area contributed by atoms with Crippen LogP contribution in [0.3, 0.4) is 0 Å². The largest absolute Gasteiger partial charge is 0.334 e. The van der Waals surface area contributed by atoms with Crippen molar-refractivity contribution < 1.29 is 9.59 Å². The van der Waals surface area contributed by atoms with Crippen LogP contribution in [0.15, 0.2) is 35.4 Å². The third kappa shape index (κ3) is 3.16. The van der Waals surface area contributed by atoms with Gasteiger partial charge in [-0.05, 0) is 18.4 Å². The molecule has 0 spiro atoms. The van der Waals surface area contributed by atoms with Crippen LogP contribution >= 0.6 is 0 Å². The zero-order valence-corrected chi connectivity index (χ0v) is 10.0. The Hall–Kier alpha value is -2.17. The molecule has 1 heterocycles. The average molecular weight is 245 g/mol. The molecule has 0 aromatic heterocycles. The number of nitrogens with zero attached hydrogens (tertiary/aromatic N) is 2. The van der Waals surface area contributed by atoms with Gasteiger partial charge in [-0.1, -0.05) is 30.3 Å². The van der Waals surface area contributed by atoms with Crippen LogP contribution in [0.4, 0.5) is 0 Å². The molecule has 94 valence electrons. The van der Waals surface area contributed by atoms with E-state index in [1.807, 2.05) is 30.3 Å². The van der Waals surface area contributed by atoms with Crippen molar-refractivity contribution in [1.29, 1.82) is 0 Å². The molecule has 5 nitrogen and oxygen atoms in total. The first-order valence-corrected chi connectivity index (χ1v) is 5.95. The van der Waals surface area contributed by atoms with E-state index in [2.05, 4.69) is 10.5 Å². The summed E-state index contributed by atoms with van der Waals surface area (Å²) in [5.74, 6) is -1.18. The molecule has 1 fully saturated rings. The maximum atomic E-state index is 11.6. The minimum Gasteiger partial charge on any atom is -0.334 e. The molecule has 1 aliphatic heterocycles. The number of benzene rings is 1. The van der Waals surface area contributed by atoms with Crippen molar-refractivity contribution in [2.24, 2.45) is 5.10 Å². The Balaban J connectivity index is 1.84. The van der Waals surface area contributed by atoms with E-state index in [1.165, 1.54) is 6.21 Å². The fraction of sp³-hybridized carbons (Fsp3) is 0.308. The van der Waals surface area contributed by atoms with Crippen LogP contribution in [-0.4, -0.2) is 36.0 Å². The highest BCUT2D eigenvalue weighted by Gasteiger charge is 2.23. The van der Waals surface area contributed by atoms with Gasteiger partial charge in [-0.3, -0.25) is 9.59 Å². The molecule has 1 aromatic rings. The summed E-state index contributed by atoms with van der Waals surface area (Å²) in [4.78, 5) is 24.7. The summed E-state index contributed by atoms with van der Waals surface area (Å²) in [7, 11) is 0. The molecule has 2 amide bonds. The van der Waals surface area contributed by atoms with Crippen molar-refractivity contribution in [3.05, 3.63) is 35.9 Å². The number of hydrazone groups is 1. The van der Waals surface area contributed by atoms with E-state index in [4.69, 9.17) is 0 Å². The average Bonchev–Trinajstić information content (AvgIpc) is 2.93. The van der Waals surface area contributed by atoms with E-state index in [9.17, 15) is 9.59 Å². The lowest BCUT2D eigenvalue weighted by atomic mass is 10.2. The van der Waals surface area contributed by atoms with E-state index < -0.39 is 11.8 Å². The van der Waals surface area contributed by atoms with Crippen molar-refractivity contribution in [2.75, 3.05) is 13.1 Å². The van der Waals surface area contributed by atoms with Crippen molar-refractivity contribution in [1.82, 2.24) is 10.3 Å². The standard InChI is InChI=1S/C13H15N3O2/c17-12(13(18)16-8-4-5-9-16)15-14-10-11-6-2-1-3-7-11/h1-3,6-7,10H,4-5,8-9H2,(H,15,17)/b14-10+. The molecular weight excluding hydrogens is 230 g/mol. The summed E-state index contributed by atoms with van der Waals surface area (Å²) in [6, 6.07) is 9.36. The molecule has 1 aromatic carbocycles. The van der Waals surface area contributed by atoms with Gasteiger partial charge in [0.15, 0.2) is 0 Å². The lowest BCUT2D eigenvalue weighted by Gasteiger charge is -2.12. The zero-order chi connectivity index (χ0) is 12.8. The van der Waals surface area contributed by atoms with Gasteiger partial charge in [-0.15, -0.1) is 0 Å². The van der Waals surface area contributed by atoms with E-state index in [0.29, 0.717) is 13.1 Å². The Bertz CT molecular complexity index is 451. The molecule has 0 atom stereocenters. The van der Waals surface area contributed by atoms with Crippen molar-refractivity contribution >= 4 is 18.0 Å². The number of likely N-dealkylation sites (tertiary alicyclic amines) is 1. The summed E-state index contributed by atoms with van der Waals surface area (Å²) in [5.41, 5.74) is 3.11. The van der Waals surface area contributed by atoms with Crippen LogP contribution in [-0.2, 0) is 9.59 Å². The fourth-order valence-electron chi connectivity index (χ4n) is 1.82. The summed E-state index contributed by atoms with van der Waals surface area (Å²) in [5, 5.41) is 3.76. The number of rotatable bonds is 2. The van der Waals surface area contributed by atoms with Crippen LogP contribution in [0.5, 0.6) is 0 Å². The lowest BCUT2D eigenvalue weighted by molar-refractivity contribution is -0.145. The second-order valence-electron chi connectivity index (χ2n) is 4.11. The SMILES string of the molecule is O=C(N/N=C/c1ccccc1)C(=O)N1CCCC1.